The van der Waals surface area contributed by atoms with E-state index in [4.69, 9.17) is 17.3 Å². The Morgan fingerprint density at radius 3 is 2.84 bits per heavy atom. The largest absolute Gasteiger partial charge is 0.386 e. The van der Waals surface area contributed by atoms with Gasteiger partial charge in [-0.15, -0.1) is 22.9 Å². The number of alkyl halides is 1. The molecule has 0 spiro atoms. The summed E-state index contributed by atoms with van der Waals surface area (Å²) in [6.07, 6.45) is 0. The Morgan fingerprint density at radius 1 is 1.37 bits per heavy atom. The number of rotatable bonds is 5. The summed E-state index contributed by atoms with van der Waals surface area (Å²) in [5.74, 6) is 0.647. The van der Waals surface area contributed by atoms with Gasteiger partial charge < -0.3 is 11.1 Å². The van der Waals surface area contributed by atoms with Crippen LogP contribution in [0.5, 0.6) is 0 Å². The normalized spacial score (nSPS) is 13.3. The van der Waals surface area contributed by atoms with Gasteiger partial charge in [-0.2, -0.15) is 0 Å². The van der Waals surface area contributed by atoms with Crippen molar-refractivity contribution in [2.45, 2.75) is 13.0 Å². The highest BCUT2D eigenvalue weighted by atomic mass is 35.5. The smallest absolute Gasteiger partial charge is 0.115 e. The van der Waals surface area contributed by atoms with E-state index in [0.29, 0.717) is 5.84 Å². The molecule has 2 aromatic rings. The van der Waals surface area contributed by atoms with E-state index in [1.807, 2.05) is 30.3 Å². The van der Waals surface area contributed by atoms with Gasteiger partial charge in [0.1, 0.15) is 5.84 Å². The van der Waals surface area contributed by atoms with Gasteiger partial charge in [0.25, 0.3) is 0 Å². The lowest BCUT2D eigenvalue weighted by molar-refractivity contribution is 0.908. The summed E-state index contributed by atoms with van der Waals surface area (Å²) in [7, 11) is 0. The number of nitrogens with one attached hydrogen (secondary N) is 1. The zero-order chi connectivity index (χ0) is 13.7. The highest BCUT2D eigenvalue weighted by molar-refractivity contribution is 7.10. The number of halogens is 1. The third kappa shape index (κ3) is 3.72. The zero-order valence-corrected chi connectivity index (χ0v) is 12.2. The Hall–Kier alpha value is -1.52. The molecule has 0 aliphatic carbocycles. The van der Waals surface area contributed by atoms with Gasteiger partial charge in [0, 0.05) is 4.88 Å². The van der Waals surface area contributed by atoms with Gasteiger partial charge in [0.15, 0.2) is 0 Å². The van der Waals surface area contributed by atoms with Gasteiger partial charge in [0.05, 0.1) is 23.3 Å². The second-order valence-corrected chi connectivity index (χ2v) is 5.38. The highest BCUT2D eigenvalue weighted by Crippen LogP contribution is 2.29. The minimum atomic E-state index is 0.230. The molecule has 5 heteroatoms. The van der Waals surface area contributed by atoms with E-state index >= 15 is 0 Å². The van der Waals surface area contributed by atoms with Crippen LogP contribution in [0.4, 0.5) is 11.4 Å². The average molecular weight is 294 g/mol. The first-order valence-corrected chi connectivity index (χ1v) is 7.40. The first kappa shape index (κ1) is 13.9. The lowest BCUT2D eigenvalue weighted by Gasteiger charge is -2.15. The Balaban J connectivity index is 2.21. The summed E-state index contributed by atoms with van der Waals surface area (Å²) in [5, 5.41) is 5.52. The monoisotopic (exact) mass is 293 g/mol. The van der Waals surface area contributed by atoms with E-state index < -0.39 is 0 Å². The molecule has 0 aliphatic rings. The zero-order valence-electron chi connectivity index (χ0n) is 10.6. The van der Waals surface area contributed by atoms with Crippen LogP contribution in [-0.4, -0.2) is 11.7 Å². The molecule has 0 fully saturated rings. The lowest BCUT2D eigenvalue weighted by Crippen LogP contribution is -2.12. The molecule has 1 aromatic heterocycles. The maximum atomic E-state index is 5.69. The van der Waals surface area contributed by atoms with Crippen LogP contribution in [0.2, 0.25) is 0 Å². The van der Waals surface area contributed by atoms with Gasteiger partial charge in [-0.3, -0.25) is 0 Å². The molecule has 1 unspecified atom stereocenters. The van der Waals surface area contributed by atoms with Gasteiger partial charge in [0.2, 0.25) is 0 Å². The molecule has 19 heavy (non-hydrogen) atoms. The Morgan fingerprint density at radius 2 is 2.16 bits per heavy atom. The summed E-state index contributed by atoms with van der Waals surface area (Å²) in [5.41, 5.74) is 7.46. The highest BCUT2D eigenvalue weighted by Gasteiger charge is 2.08. The predicted molar refractivity (Wildman–Crippen MR) is 84.8 cm³/mol. The molecular formula is C14H16ClN3S. The summed E-state index contributed by atoms with van der Waals surface area (Å²) < 4.78 is 0. The standard InChI is InChI=1S/C14H16ClN3S/c1-10(13-7-4-8-19-13)17-11-5-2-3-6-12(11)18-14(16)9-15/h2-8,10,17H,9H2,1H3,(H2,16,18). The lowest BCUT2D eigenvalue weighted by atomic mass is 10.2. The number of benzene rings is 1. The number of thiophene rings is 1. The van der Waals surface area contributed by atoms with E-state index in [9.17, 15) is 0 Å². The van der Waals surface area contributed by atoms with Crippen LogP contribution < -0.4 is 11.1 Å². The number of nitrogens with two attached hydrogens (primary N) is 1. The van der Waals surface area contributed by atoms with Gasteiger partial charge in [-0.05, 0) is 30.5 Å². The van der Waals surface area contributed by atoms with Crippen LogP contribution >= 0.6 is 22.9 Å². The van der Waals surface area contributed by atoms with Crippen LogP contribution in [-0.2, 0) is 0 Å². The van der Waals surface area contributed by atoms with Crippen LogP contribution in [0, 0.1) is 0 Å². The molecule has 1 atom stereocenters. The first-order valence-electron chi connectivity index (χ1n) is 5.98. The molecule has 3 nitrogen and oxygen atoms in total. The summed E-state index contributed by atoms with van der Waals surface area (Å²) >= 11 is 7.40. The van der Waals surface area contributed by atoms with Crippen molar-refractivity contribution in [1.82, 2.24) is 0 Å². The predicted octanol–water partition coefficient (Wildman–Crippen LogP) is 4.15. The summed E-state index contributed by atoms with van der Waals surface area (Å²) in [6.45, 7) is 2.12. The van der Waals surface area contributed by atoms with E-state index in [0.717, 1.165) is 11.4 Å². The fourth-order valence-electron chi connectivity index (χ4n) is 1.72. The minimum absolute atomic E-state index is 0.230. The maximum Gasteiger partial charge on any atom is 0.115 e. The van der Waals surface area contributed by atoms with Crippen molar-refractivity contribution < 1.29 is 0 Å². The molecule has 0 saturated carbocycles. The third-order valence-corrected chi connectivity index (χ3v) is 3.98. The second kappa shape index (κ2) is 6.59. The number of aliphatic imine (C=N–C) groups is 1. The fourth-order valence-corrected chi connectivity index (χ4v) is 2.51. The van der Waals surface area contributed by atoms with Crippen LogP contribution in [0.15, 0.2) is 46.8 Å². The van der Waals surface area contributed by atoms with Gasteiger partial charge in [-0.1, -0.05) is 18.2 Å². The minimum Gasteiger partial charge on any atom is -0.386 e. The molecule has 0 aliphatic heterocycles. The maximum absolute atomic E-state index is 5.69. The van der Waals surface area contributed by atoms with E-state index in [2.05, 4.69) is 28.7 Å². The number of hydrogen-bond donors (Lipinski definition) is 2. The summed E-state index contributed by atoms with van der Waals surface area (Å²) in [4.78, 5) is 5.60. The molecule has 0 amide bonds. The van der Waals surface area contributed by atoms with E-state index in [1.54, 1.807) is 11.3 Å². The van der Waals surface area contributed by atoms with Crippen molar-refractivity contribution in [3.8, 4) is 0 Å². The number of para-hydroxylation sites is 2. The topological polar surface area (TPSA) is 50.4 Å². The van der Waals surface area contributed by atoms with Crippen molar-refractivity contribution in [2.75, 3.05) is 11.2 Å². The van der Waals surface area contributed by atoms with Crippen LogP contribution in [0.1, 0.15) is 17.8 Å². The number of amidine groups is 1. The number of nitrogens with zero attached hydrogens (tertiary/aromatic N) is 1. The molecule has 0 bridgehead atoms. The Kier molecular flexibility index (Phi) is 4.82. The van der Waals surface area contributed by atoms with Gasteiger partial charge >= 0.3 is 0 Å². The molecule has 3 N–H and O–H groups in total. The fraction of sp³-hybridized carbons (Fsp3) is 0.214. The number of anilines is 1. The van der Waals surface area contributed by atoms with Gasteiger partial charge in [-0.25, -0.2) is 4.99 Å². The number of hydrogen-bond acceptors (Lipinski definition) is 3. The van der Waals surface area contributed by atoms with Crippen molar-refractivity contribution in [3.63, 3.8) is 0 Å². The molecule has 1 heterocycles. The Bertz CT molecular complexity index is 552. The first-order chi connectivity index (χ1) is 9.20. The third-order valence-electron chi connectivity index (χ3n) is 2.65. The van der Waals surface area contributed by atoms with Crippen LogP contribution in [0.25, 0.3) is 0 Å². The Labute approximate surface area is 122 Å². The van der Waals surface area contributed by atoms with Crippen molar-refractivity contribution in [3.05, 3.63) is 46.7 Å². The van der Waals surface area contributed by atoms with Crippen molar-refractivity contribution in [2.24, 2.45) is 10.7 Å². The molecular weight excluding hydrogens is 278 g/mol. The average Bonchev–Trinajstić information content (AvgIpc) is 2.95. The SMILES string of the molecule is CC(Nc1ccccc1N=C(N)CCl)c1cccs1. The molecule has 2 rings (SSSR count). The molecule has 0 saturated heterocycles. The molecule has 1 aromatic carbocycles. The van der Waals surface area contributed by atoms with E-state index in [-0.39, 0.29) is 11.9 Å². The molecule has 0 radical (unpaired) electrons. The quantitative estimate of drug-likeness (QED) is 0.494. The van der Waals surface area contributed by atoms with Crippen molar-refractivity contribution in [1.29, 1.82) is 0 Å². The molecule has 100 valence electrons. The van der Waals surface area contributed by atoms with Crippen molar-refractivity contribution >= 4 is 40.1 Å². The summed E-state index contributed by atoms with van der Waals surface area (Å²) in [6, 6.07) is 12.2. The van der Waals surface area contributed by atoms with Crippen LogP contribution in [0.3, 0.4) is 0 Å². The second-order valence-electron chi connectivity index (χ2n) is 4.14. The van der Waals surface area contributed by atoms with E-state index in [1.165, 1.54) is 4.88 Å².